The zero-order chi connectivity index (χ0) is 12.3. The van der Waals surface area contributed by atoms with E-state index in [2.05, 4.69) is 15.9 Å². The fourth-order valence-electron chi connectivity index (χ4n) is 1.32. The van der Waals surface area contributed by atoms with Crippen LogP contribution in [0.25, 0.3) is 0 Å². The summed E-state index contributed by atoms with van der Waals surface area (Å²) in [6.07, 6.45) is -2.68. The number of Topliss-reactive ketones (excluding diaryl/α,β-unsaturated/α-hetero) is 1. The van der Waals surface area contributed by atoms with Crippen LogP contribution in [0.5, 0.6) is 5.75 Å². The quantitative estimate of drug-likeness (QED) is 0.785. The highest BCUT2D eigenvalue weighted by atomic mass is 79.9. The minimum Gasteiger partial charge on any atom is -0.493 e. The van der Waals surface area contributed by atoms with Crippen molar-refractivity contribution in [1.82, 2.24) is 0 Å². The first-order valence-corrected chi connectivity index (χ1v) is 5.52. The van der Waals surface area contributed by atoms with Crippen molar-refractivity contribution in [3.05, 3.63) is 27.7 Å². The average Bonchev–Trinajstić information content (AvgIpc) is 2.20. The number of hydrogen-bond donors (Lipinski definition) is 0. The Morgan fingerprint density at radius 2 is 2.12 bits per heavy atom. The molecular formula is C11H11BrF2O2. The summed E-state index contributed by atoms with van der Waals surface area (Å²) in [5, 5.41) is 0. The molecule has 1 rings (SSSR count). The van der Waals surface area contributed by atoms with Crippen LogP contribution in [0.15, 0.2) is 16.6 Å². The van der Waals surface area contributed by atoms with Gasteiger partial charge in [-0.25, -0.2) is 8.78 Å². The number of halogens is 3. The zero-order valence-corrected chi connectivity index (χ0v) is 10.5. The number of alkyl halides is 2. The highest BCUT2D eigenvalue weighted by molar-refractivity contribution is 9.10. The van der Waals surface area contributed by atoms with Gasteiger partial charge in [0.1, 0.15) is 5.75 Å². The number of hydrogen-bond acceptors (Lipinski definition) is 2. The van der Waals surface area contributed by atoms with E-state index in [1.165, 1.54) is 19.1 Å². The van der Waals surface area contributed by atoms with Gasteiger partial charge in [-0.05, 0) is 41.9 Å². The molecule has 1 aromatic carbocycles. The van der Waals surface area contributed by atoms with Gasteiger partial charge in [0.15, 0.2) is 5.78 Å². The number of rotatable bonds is 4. The third kappa shape index (κ3) is 2.78. The summed E-state index contributed by atoms with van der Waals surface area (Å²) in [5.41, 5.74) is -0.274. The number of ether oxygens (including phenoxy) is 1. The molecule has 1 aromatic rings. The van der Waals surface area contributed by atoms with E-state index < -0.39 is 12.2 Å². The first kappa shape index (κ1) is 13.1. The Bertz CT molecular complexity index is 405. The Morgan fingerprint density at radius 3 is 2.56 bits per heavy atom. The average molecular weight is 293 g/mol. The number of carbonyl (C=O) groups is 1. The zero-order valence-electron chi connectivity index (χ0n) is 8.89. The van der Waals surface area contributed by atoms with Gasteiger partial charge in [0.25, 0.3) is 6.43 Å². The van der Waals surface area contributed by atoms with Gasteiger partial charge in [0.05, 0.1) is 11.1 Å². The van der Waals surface area contributed by atoms with E-state index >= 15 is 0 Å². The fourth-order valence-corrected chi connectivity index (χ4v) is 1.80. The summed E-state index contributed by atoms with van der Waals surface area (Å²) in [6, 6.07) is 2.57. The topological polar surface area (TPSA) is 26.3 Å². The van der Waals surface area contributed by atoms with E-state index in [4.69, 9.17) is 4.74 Å². The molecule has 0 atom stereocenters. The maximum absolute atomic E-state index is 12.7. The normalized spacial score (nSPS) is 10.6. The molecule has 0 unspecified atom stereocenters. The molecule has 0 heterocycles. The molecule has 0 aliphatic heterocycles. The molecule has 0 N–H and O–H groups in total. The molecule has 0 saturated heterocycles. The van der Waals surface area contributed by atoms with Crippen LogP contribution in [0.4, 0.5) is 8.78 Å². The largest absolute Gasteiger partial charge is 0.493 e. The highest BCUT2D eigenvalue weighted by Crippen LogP contribution is 2.33. The van der Waals surface area contributed by atoms with Gasteiger partial charge in [-0.1, -0.05) is 0 Å². The Morgan fingerprint density at radius 1 is 1.50 bits per heavy atom. The van der Waals surface area contributed by atoms with Crippen molar-refractivity contribution in [1.29, 1.82) is 0 Å². The molecular weight excluding hydrogens is 282 g/mol. The number of carbonyl (C=O) groups excluding carboxylic acids is 1. The van der Waals surface area contributed by atoms with Crippen molar-refractivity contribution in [3.8, 4) is 5.75 Å². The molecule has 2 nitrogen and oxygen atoms in total. The summed E-state index contributed by atoms with van der Waals surface area (Å²) in [4.78, 5) is 11.2. The molecule has 0 aliphatic carbocycles. The van der Waals surface area contributed by atoms with Gasteiger partial charge in [0.2, 0.25) is 0 Å². The lowest BCUT2D eigenvalue weighted by Crippen LogP contribution is -2.03. The lowest BCUT2D eigenvalue weighted by atomic mass is 10.0. The van der Waals surface area contributed by atoms with E-state index in [9.17, 15) is 13.6 Å². The Hall–Kier alpha value is -0.970. The van der Waals surface area contributed by atoms with Crippen molar-refractivity contribution in [3.63, 3.8) is 0 Å². The SMILES string of the molecule is CCOc1cc(C(C)=O)c(C(F)F)cc1Br. The van der Waals surface area contributed by atoms with Crippen LogP contribution >= 0.6 is 15.9 Å². The molecule has 0 saturated carbocycles. The summed E-state index contributed by atoms with van der Waals surface area (Å²) < 4.78 is 31.0. The van der Waals surface area contributed by atoms with Gasteiger partial charge in [-0.15, -0.1) is 0 Å². The maximum atomic E-state index is 12.7. The number of ketones is 1. The first-order chi connectivity index (χ1) is 7.47. The Balaban J connectivity index is 3.31. The van der Waals surface area contributed by atoms with Crippen LogP contribution in [0.1, 0.15) is 36.2 Å². The lowest BCUT2D eigenvalue weighted by Gasteiger charge is -2.11. The fraction of sp³-hybridized carbons (Fsp3) is 0.364. The van der Waals surface area contributed by atoms with Crippen LogP contribution in [0.2, 0.25) is 0 Å². The minimum absolute atomic E-state index is 0.00153. The third-order valence-corrected chi connectivity index (χ3v) is 2.64. The lowest BCUT2D eigenvalue weighted by molar-refractivity contribution is 0.0998. The van der Waals surface area contributed by atoms with Gasteiger partial charge in [-0.3, -0.25) is 4.79 Å². The molecule has 0 amide bonds. The second-order valence-electron chi connectivity index (χ2n) is 3.16. The minimum atomic E-state index is -2.68. The van der Waals surface area contributed by atoms with Gasteiger partial charge in [-0.2, -0.15) is 0 Å². The predicted molar refractivity (Wildman–Crippen MR) is 60.3 cm³/mol. The second kappa shape index (κ2) is 5.39. The third-order valence-electron chi connectivity index (χ3n) is 2.02. The molecule has 0 radical (unpaired) electrons. The summed E-state index contributed by atoms with van der Waals surface area (Å²) in [5.74, 6) is 0.000790. The highest BCUT2D eigenvalue weighted by Gasteiger charge is 2.19. The van der Waals surface area contributed by atoms with E-state index in [1.807, 2.05) is 0 Å². The number of benzene rings is 1. The van der Waals surface area contributed by atoms with E-state index in [0.717, 1.165) is 0 Å². The molecule has 0 aliphatic rings. The van der Waals surface area contributed by atoms with Crippen LogP contribution in [0.3, 0.4) is 0 Å². The van der Waals surface area contributed by atoms with Crippen molar-refractivity contribution in [2.75, 3.05) is 6.61 Å². The van der Waals surface area contributed by atoms with Crippen molar-refractivity contribution < 1.29 is 18.3 Å². The molecule has 16 heavy (non-hydrogen) atoms. The smallest absolute Gasteiger partial charge is 0.264 e. The van der Waals surface area contributed by atoms with Gasteiger partial charge >= 0.3 is 0 Å². The van der Waals surface area contributed by atoms with E-state index in [1.54, 1.807) is 6.92 Å². The monoisotopic (exact) mass is 292 g/mol. The standard InChI is InChI=1S/C11H11BrF2O2/c1-3-16-10-5-7(6(2)15)8(11(13)14)4-9(10)12/h4-5,11H,3H2,1-2H3. The van der Waals surface area contributed by atoms with E-state index in [-0.39, 0.29) is 11.1 Å². The van der Waals surface area contributed by atoms with Crippen LogP contribution in [0, 0.1) is 0 Å². The van der Waals surface area contributed by atoms with Gasteiger partial charge in [0, 0.05) is 11.1 Å². The van der Waals surface area contributed by atoms with Crippen LogP contribution in [-0.2, 0) is 0 Å². The Labute approximate surface area is 101 Å². The first-order valence-electron chi connectivity index (χ1n) is 4.72. The van der Waals surface area contributed by atoms with Crippen LogP contribution < -0.4 is 4.74 Å². The Kier molecular flexibility index (Phi) is 4.41. The van der Waals surface area contributed by atoms with Gasteiger partial charge < -0.3 is 4.74 Å². The second-order valence-corrected chi connectivity index (χ2v) is 4.01. The van der Waals surface area contributed by atoms with Crippen molar-refractivity contribution in [2.45, 2.75) is 20.3 Å². The van der Waals surface area contributed by atoms with E-state index in [0.29, 0.717) is 16.8 Å². The molecule has 5 heteroatoms. The molecule has 88 valence electrons. The molecule has 0 bridgehead atoms. The van der Waals surface area contributed by atoms with Crippen molar-refractivity contribution >= 4 is 21.7 Å². The molecule has 0 spiro atoms. The summed E-state index contributed by atoms with van der Waals surface area (Å²) >= 11 is 3.13. The van der Waals surface area contributed by atoms with Crippen molar-refractivity contribution in [2.24, 2.45) is 0 Å². The summed E-state index contributed by atoms with van der Waals surface area (Å²) in [7, 11) is 0. The molecule has 0 aromatic heterocycles. The maximum Gasteiger partial charge on any atom is 0.264 e. The van der Waals surface area contributed by atoms with Crippen LogP contribution in [-0.4, -0.2) is 12.4 Å². The molecule has 0 fully saturated rings. The predicted octanol–water partition coefficient (Wildman–Crippen LogP) is 3.99. The summed E-state index contributed by atoms with van der Waals surface area (Å²) in [6.45, 7) is 3.44.